The lowest BCUT2D eigenvalue weighted by molar-refractivity contribution is 0.655. The van der Waals surface area contributed by atoms with Gasteiger partial charge in [0.2, 0.25) is 0 Å². The standard InChI is InChI=1S/C40H28N6/c1-40(2)31-21-20-30-29-18-9-10-19-33(29)46(36(30)34(31)35-32(40)23-41-24-42-35)28-17-11-16-27(22-28)39-44-37(25-12-5-3-6-13-25)43-38(45-39)26-14-7-4-8-15-26/h3-24H,1-2H3. The molecule has 6 nitrogen and oxygen atoms in total. The molecule has 0 saturated heterocycles. The smallest absolute Gasteiger partial charge is 0.164 e. The van der Waals surface area contributed by atoms with Gasteiger partial charge < -0.3 is 4.57 Å². The van der Waals surface area contributed by atoms with Gasteiger partial charge in [-0.25, -0.2) is 24.9 Å². The van der Waals surface area contributed by atoms with Crippen LogP contribution >= 0.6 is 0 Å². The molecule has 6 heteroatoms. The molecule has 5 aromatic carbocycles. The van der Waals surface area contributed by atoms with E-state index in [0.29, 0.717) is 17.5 Å². The Morgan fingerprint density at radius 3 is 1.91 bits per heavy atom. The summed E-state index contributed by atoms with van der Waals surface area (Å²) >= 11 is 0. The van der Waals surface area contributed by atoms with Crippen LogP contribution < -0.4 is 0 Å². The van der Waals surface area contributed by atoms with Crippen LogP contribution in [0.1, 0.15) is 25.0 Å². The monoisotopic (exact) mass is 592 g/mol. The lowest BCUT2D eigenvalue weighted by Crippen LogP contribution is -2.15. The van der Waals surface area contributed by atoms with Gasteiger partial charge in [0.05, 0.1) is 16.7 Å². The molecule has 0 unspecified atom stereocenters. The molecule has 0 fully saturated rings. The second-order valence-electron chi connectivity index (χ2n) is 12.2. The summed E-state index contributed by atoms with van der Waals surface area (Å²) in [5, 5.41) is 2.39. The number of rotatable bonds is 4. The van der Waals surface area contributed by atoms with E-state index >= 15 is 0 Å². The predicted octanol–water partition coefficient (Wildman–Crippen LogP) is 9.07. The van der Waals surface area contributed by atoms with Crippen molar-refractivity contribution in [2.24, 2.45) is 0 Å². The zero-order valence-corrected chi connectivity index (χ0v) is 25.4. The molecule has 0 atom stereocenters. The van der Waals surface area contributed by atoms with E-state index in [1.54, 1.807) is 6.33 Å². The van der Waals surface area contributed by atoms with Crippen LogP contribution in [0.25, 0.3) is 72.9 Å². The molecule has 46 heavy (non-hydrogen) atoms. The van der Waals surface area contributed by atoms with Crippen molar-refractivity contribution >= 4 is 21.8 Å². The van der Waals surface area contributed by atoms with Crippen molar-refractivity contribution in [2.45, 2.75) is 19.3 Å². The average Bonchev–Trinajstić information content (AvgIpc) is 3.58. The van der Waals surface area contributed by atoms with Crippen LogP contribution in [-0.4, -0.2) is 29.5 Å². The fourth-order valence-electron chi connectivity index (χ4n) is 6.94. The van der Waals surface area contributed by atoms with Crippen LogP contribution in [0, 0.1) is 0 Å². The van der Waals surface area contributed by atoms with Gasteiger partial charge >= 0.3 is 0 Å². The van der Waals surface area contributed by atoms with Gasteiger partial charge in [0.15, 0.2) is 17.5 Å². The number of benzene rings is 5. The van der Waals surface area contributed by atoms with Crippen molar-refractivity contribution in [3.8, 4) is 51.1 Å². The molecule has 0 radical (unpaired) electrons. The third-order valence-electron chi connectivity index (χ3n) is 9.19. The molecular weight excluding hydrogens is 564 g/mol. The average molecular weight is 593 g/mol. The fourth-order valence-corrected chi connectivity index (χ4v) is 6.94. The molecule has 9 rings (SSSR count). The quantitative estimate of drug-likeness (QED) is 0.204. The minimum atomic E-state index is -0.212. The van der Waals surface area contributed by atoms with Crippen molar-refractivity contribution in [3.05, 3.63) is 145 Å². The van der Waals surface area contributed by atoms with Gasteiger partial charge in [0, 0.05) is 55.9 Å². The van der Waals surface area contributed by atoms with Crippen LogP contribution in [-0.2, 0) is 5.41 Å². The van der Waals surface area contributed by atoms with Crippen LogP contribution in [0.2, 0.25) is 0 Å². The Bertz CT molecular complexity index is 2390. The van der Waals surface area contributed by atoms with Gasteiger partial charge in [-0.15, -0.1) is 0 Å². The molecule has 0 bridgehead atoms. The SMILES string of the molecule is CC1(C)c2cncnc2-c2c1ccc1c3ccccc3n(-c3cccc(-c4nc(-c5ccccc5)nc(-c5ccccc5)n4)c3)c21. The van der Waals surface area contributed by atoms with E-state index in [9.17, 15) is 0 Å². The summed E-state index contributed by atoms with van der Waals surface area (Å²) in [6, 6.07) is 41.8. The summed E-state index contributed by atoms with van der Waals surface area (Å²) in [5.74, 6) is 1.91. The van der Waals surface area contributed by atoms with E-state index in [4.69, 9.17) is 19.9 Å². The Hall–Kier alpha value is -6.01. The van der Waals surface area contributed by atoms with Gasteiger partial charge in [-0.2, -0.15) is 0 Å². The Morgan fingerprint density at radius 1 is 0.565 bits per heavy atom. The highest BCUT2D eigenvalue weighted by molar-refractivity contribution is 6.15. The van der Waals surface area contributed by atoms with E-state index in [-0.39, 0.29) is 5.41 Å². The molecule has 218 valence electrons. The largest absolute Gasteiger partial charge is 0.309 e. The number of para-hydroxylation sites is 1. The summed E-state index contributed by atoms with van der Waals surface area (Å²) in [7, 11) is 0. The van der Waals surface area contributed by atoms with Crippen molar-refractivity contribution in [1.82, 2.24) is 29.5 Å². The maximum atomic E-state index is 5.00. The molecule has 3 aromatic heterocycles. The van der Waals surface area contributed by atoms with E-state index in [1.807, 2.05) is 66.9 Å². The molecule has 3 heterocycles. The zero-order valence-electron chi connectivity index (χ0n) is 25.4. The van der Waals surface area contributed by atoms with Gasteiger partial charge in [-0.05, 0) is 23.8 Å². The van der Waals surface area contributed by atoms with E-state index < -0.39 is 0 Å². The van der Waals surface area contributed by atoms with Gasteiger partial charge in [0.1, 0.15) is 6.33 Å². The Labute approximate surface area is 266 Å². The summed E-state index contributed by atoms with van der Waals surface area (Å²) in [6.07, 6.45) is 3.63. The summed E-state index contributed by atoms with van der Waals surface area (Å²) in [6.45, 7) is 4.52. The Balaban J connectivity index is 1.30. The first-order valence-corrected chi connectivity index (χ1v) is 15.4. The van der Waals surface area contributed by atoms with Gasteiger partial charge in [-0.1, -0.05) is 117 Å². The van der Waals surface area contributed by atoms with E-state index in [1.165, 1.54) is 21.9 Å². The maximum absolute atomic E-state index is 5.00. The van der Waals surface area contributed by atoms with Crippen LogP contribution in [0.3, 0.4) is 0 Å². The topological polar surface area (TPSA) is 69.4 Å². The number of hydrogen-bond acceptors (Lipinski definition) is 5. The number of fused-ring (bicyclic) bond motifs is 7. The Morgan fingerprint density at radius 2 is 1.20 bits per heavy atom. The fraction of sp³-hybridized carbons (Fsp3) is 0.0750. The first-order chi connectivity index (χ1) is 22.6. The highest BCUT2D eigenvalue weighted by atomic mass is 15.0. The second kappa shape index (κ2) is 10.0. The first kappa shape index (κ1) is 26.4. The van der Waals surface area contributed by atoms with Crippen molar-refractivity contribution < 1.29 is 0 Å². The highest BCUT2D eigenvalue weighted by Crippen LogP contribution is 2.51. The molecule has 8 aromatic rings. The van der Waals surface area contributed by atoms with Crippen molar-refractivity contribution in [1.29, 1.82) is 0 Å². The predicted molar refractivity (Wildman–Crippen MR) is 184 cm³/mol. The van der Waals surface area contributed by atoms with Crippen LogP contribution in [0.4, 0.5) is 0 Å². The summed E-state index contributed by atoms with van der Waals surface area (Å²) in [4.78, 5) is 24.1. The molecule has 0 spiro atoms. The van der Waals surface area contributed by atoms with E-state index in [0.717, 1.165) is 44.7 Å². The van der Waals surface area contributed by atoms with Crippen LogP contribution in [0.5, 0.6) is 0 Å². The lowest BCUT2D eigenvalue weighted by Gasteiger charge is -2.20. The number of nitrogens with zero attached hydrogens (tertiary/aromatic N) is 6. The van der Waals surface area contributed by atoms with E-state index in [2.05, 4.69) is 84.1 Å². The maximum Gasteiger partial charge on any atom is 0.164 e. The third kappa shape index (κ3) is 3.93. The normalized spacial score (nSPS) is 13.2. The van der Waals surface area contributed by atoms with Crippen molar-refractivity contribution in [2.75, 3.05) is 0 Å². The highest BCUT2D eigenvalue weighted by Gasteiger charge is 2.39. The number of hydrogen-bond donors (Lipinski definition) is 0. The molecule has 0 amide bonds. The lowest BCUT2D eigenvalue weighted by atomic mass is 9.83. The molecule has 0 aliphatic heterocycles. The second-order valence-corrected chi connectivity index (χ2v) is 12.2. The molecular formula is C40H28N6. The molecule has 0 N–H and O–H groups in total. The molecule has 1 aliphatic carbocycles. The zero-order chi connectivity index (χ0) is 30.8. The van der Waals surface area contributed by atoms with Gasteiger partial charge in [-0.3, -0.25) is 0 Å². The van der Waals surface area contributed by atoms with Crippen molar-refractivity contribution in [3.63, 3.8) is 0 Å². The third-order valence-corrected chi connectivity index (χ3v) is 9.19. The minimum Gasteiger partial charge on any atom is -0.309 e. The number of aromatic nitrogens is 6. The molecule has 0 saturated carbocycles. The Kier molecular flexibility index (Phi) is 5.74. The minimum absolute atomic E-state index is 0.212. The van der Waals surface area contributed by atoms with Crippen LogP contribution in [0.15, 0.2) is 134 Å². The summed E-state index contributed by atoms with van der Waals surface area (Å²) in [5.41, 5.74) is 10.5. The molecule has 1 aliphatic rings. The first-order valence-electron chi connectivity index (χ1n) is 15.4. The summed E-state index contributed by atoms with van der Waals surface area (Å²) < 4.78 is 2.37. The van der Waals surface area contributed by atoms with Gasteiger partial charge in [0.25, 0.3) is 0 Å².